The molecule has 0 heterocycles. The van der Waals surface area contributed by atoms with E-state index in [1.165, 1.54) is 71.7 Å². The first-order valence-corrected chi connectivity index (χ1v) is 21.2. The monoisotopic (exact) mass is 780 g/mol. The van der Waals surface area contributed by atoms with E-state index in [4.69, 9.17) is 0 Å². The van der Waals surface area contributed by atoms with Crippen molar-refractivity contribution in [1.29, 1.82) is 0 Å². The second-order valence-electron chi connectivity index (χ2n) is 16.6. The lowest BCUT2D eigenvalue weighted by Gasteiger charge is -2.30. The third-order valence-electron chi connectivity index (χ3n) is 12.6. The van der Waals surface area contributed by atoms with Gasteiger partial charge in [-0.05, 0) is 127 Å². The Hall–Kier alpha value is -7.68. The summed E-state index contributed by atoms with van der Waals surface area (Å²) in [5, 5.41) is 4.98. The SMILES string of the molecule is CC1(C)c2cc(N(c3ccc(-c4ccccc4)cc3)c3ccc(-c4ccccc4)cc3)ccc2-c2ccc(N(c3ccccc3)c3cc4ccccc4c4ccccc34)cc21. The maximum absolute atomic E-state index is 2.44. The van der Waals surface area contributed by atoms with Crippen LogP contribution in [0.5, 0.6) is 0 Å². The fourth-order valence-electron chi connectivity index (χ4n) is 9.53. The highest BCUT2D eigenvalue weighted by Gasteiger charge is 2.37. The van der Waals surface area contributed by atoms with Gasteiger partial charge in [-0.25, -0.2) is 0 Å². The number of benzene rings is 10. The third kappa shape index (κ3) is 6.36. The quantitative estimate of drug-likeness (QED) is 0.142. The average molecular weight is 781 g/mol. The topological polar surface area (TPSA) is 6.48 Å². The molecule has 11 rings (SSSR count). The van der Waals surface area contributed by atoms with Crippen molar-refractivity contribution in [2.24, 2.45) is 0 Å². The Balaban J connectivity index is 1.02. The molecule has 0 radical (unpaired) electrons. The first-order chi connectivity index (χ1) is 30.0. The van der Waals surface area contributed by atoms with Crippen molar-refractivity contribution in [2.45, 2.75) is 19.3 Å². The van der Waals surface area contributed by atoms with Crippen molar-refractivity contribution >= 4 is 55.7 Å². The Labute approximate surface area is 358 Å². The van der Waals surface area contributed by atoms with Crippen LogP contribution < -0.4 is 9.80 Å². The molecule has 0 atom stereocenters. The van der Waals surface area contributed by atoms with E-state index in [2.05, 4.69) is 254 Å². The molecule has 0 saturated carbocycles. The van der Waals surface area contributed by atoms with Crippen LogP contribution in [0.25, 0.3) is 54.9 Å². The highest BCUT2D eigenvalue weighted by molar-refractivity contribution is 6.14. The molecule has 0 fully saturated rings. The first kappa shape index (κ1) is 36.4. The summed E-state index contributed by atoms with van der Waals surface area (Å²) in [6, 6.07) is 84.1. The van der Waals surface area contributed by atoms with Gasteiger partial charge in [0.25, 0.3) is 0 Å². The molecule has 0 bridgehead atoms. The van der Waals surface area contributed by atoms with E-state index in [0.29, 0.717) is 0 Å². The van der Waals surface area contributed by atoms with Crippen molar-refractivity contribution < 1.29 is 0 Å². The van der Waals surface area contributed by atoms with Gasteiger partial charge >= 0.3 is 0 Å². The Morgan fingerprint density at radius 1 is 0.295 bits per heavy atom. The zero-order valence-electron chi connectivity index (χ0n) is 34.3. The van der Waals surface area contributed by atoms with E-state index < -0.39 is 0 Å². The summed E-state index contributed by atoms with van der Waals surface area (Å²) in [6.45, 7) is 4.77. The van der Waals surface area contributed by atoms with Crippen LogP contribution in [0.1, 0.15) is 25.0 Å². The molecule has 61 heavy (non-hydrogen) atoms. The second-order valence-corrected chi connectivity index (χ2v) is 16.6. The number of fused-ring (bicyclic) bond motifs is 6. The molecule has 10 aromatic rings. The molecule has 1 aliphatic carbocycles. The molecule has 0 spiro atoms. The van der Waals surface area contributed by atoms with Crippen molar-refractivity contribution in [3.05, 3.63) is 242 Å². The average Bonchev–Trinajstić information content (AvgIpc) is 3.55. The van der Waals surface area contributed by atoms with E-state index in [0.717, 1.165) is 28.4 Å². The van der Waals surface area contributed by atoms with Gasteiger partial charge in [-0.15, -0.1) is 0 Å². The minimum absolute atomic E-state index is 0.259. The lowest BCUT2D eigenvalue weighted by atomic mass is 9.82. The van der Waals surface area contributed by atoms with Gasteiger partial charge in [0.05, 0.1) is 5.69 Å². The van der Waals surface area contributed by atoms with Crippen molar-refractivity contribution in [3.63, 3.8) is 0 Å². The number of para-hydroxylation sites is 1. The van der Waals surface area contributed by atoms with Crippen LogP contribution >= 0.6 is 0 Å². The fraction of sp³-hybridized carbons (Fsp3) is 0.0508. The van der Waals surface area contributed by atoms with E-state index in [-0.39, 0.29) is 5.41 Å². The van der Waals surface area contributed by atoms with E-state index in [9.17, 15) is 0 Å². The van der Waals surface area contributed by atoms with E-state index in [1.54, 1.807) is 0 Å². The molecular weight excluding hydrogens is 737 g/mol. The maximum atomic E-state index is 2.44. The summed E-state index contributed by atoms with van der Waals surface area (Å²) in [7, 11) is 0. The summed E-state index contributed by atoms with van der Waals surface area (Å²) < 4.78 is 0. The number of rotatable bonds is 8. The number of anilines is 6. The molecule has 0 amide bonds. The van der Waals surface area contributed by atoms with Crippen LogP contribution in [0.3, 0.4) is 0 Å². The summed E-state index contributed by atoms with van der Waals surface area (Å²) >= 11 is 0. The summed E-state index contributed by atoms with van der Waals surface area (Å²) in [5.74, 6) is 0. The molecule has 0 unspecified atom stereocenters. The van der Waals surface area contributed by atoms with Gasteiger partial charge in [-0.2, -0.15) is 0 Å². The summed E-state index contributed by atoms with van der Waals surface area (Å²) in [6.07, 6.45) is 0. The van der Waals surface area contributed by atoms with Gasteiger partial charge in [0.1, 0.15) is 0 Å². The van der Waals surface area contributed by atoms with Crippen LogP contribution in [0, 0.1) is 0 Å². The van der Waals surface area contributed by atoms with Crippen LogP contribution in [-0.4, -0.2) is 0 Å². The summed E-state index contributed by atoms with van der Waals surface area (Å²) in [5.41, 5.74) is 16.6. The zero-order valence-corrected chi connectivity index (χ0v) is 34.3. The van der Waals surface area contributed by atoms with Crippen LogP contribution in [0.2, 0.25) is 0 Å². The molecule has 0 saturated heterocycles. The van der Waals surface area contributed by atoms with Crippen molar-refractivity contribution in [3.8, 4) is 33.4 Å². The van der Waals surface area contributed by atoms with Gasteiger partial charge in [0.2, 0.25) is 0 Å². The normalized spacial score (nSPS) is 12.6. The molecule has 0 N–H and O–H groups in total. The molecular formula is C59H44N2. The van der Waals surface area contributed by atoms with Gasteiger partial charge in [0.15, 0.2) is 0 Å². The summed E-state index contributed by atoms with van der Waals surface area (Å²) in [4.78, 5) is 4.84. The highest BCUT2D eigenvalue weighted by atomic mass is 15.1. The van der Waals surface area contributed by atoms with Crippen LogP contribution in [-0.2, 0) is 5.41 Å². The largest absolute Gasteiger partial charge is 0.310 e. The third-order valence-corrected chi connectivity index (χ3v) is 12.6. The molecule has 290 valence electrons. The highest BCUT2D eigenvalue weighted by Crippen LogP contribution is 2.53. The number of hydrogen-bond donors (Lipinski definition) is 0. The van der Waals surface area contributed by atoms with Gasteiger partial charge in [0, 0.05) is 39.2 Å². The van der Waals surface area contributed by atoms with Gasteiger partial charge in [-0.1, -0.05) is 178 Å². The van der Waals surface area contributed by atoms with E-state index in [1.807, 2.05) is 0 Å². The predicted octanol–water partition coefficient (Wildman–Crippen LogP) is 16.6. The molecule has 2 heteroatoms. The first-order valence-electron chi connectivity index (χ1n) is 21.2. The lowest BCUT2D eigenvalue weighted by Crippen LogP contribution is -2.17. The Kier molecular flexibility index (Phi) is 8.86. The molecule has 2 nitrogen and oxygen atoms in total. The van der Waals surface area contributed by atoms with Gasteiger partial charge in [-0.3, -0.25) is 0 Å². The van der Waals surface area contributed by atoms with Gasteiger partial charge < -0.3 is 9.80 Å². The lowest BCUT2D eigenvalue weighted by molar-refractivity contribution is 0.660. The van der Waals surface area contributed by atoms with Crippen molar-refractivity contribution in [2.75, 3.05) is 9.80 Å². The number of hydrogen-bond acceptors (Lipinski definition) is 2. The van der Waals surface area contributed by atoms with Crippen LogP contribution in [0.15, 0.2) is 231 Å². The minimum atomic E-state index is -0.259. The van der Waals surface area contributed by atoms with Crippen LogP contribution in [0.4, 0.5) is 34.1 Å². The second kappa shape index (κ2) is 14.9. The fourth-order valence-corrected chi connectivity index (χ4v) is 9.53. The molecule has 10 aromatic carbocycles. The minimum Gasteiger partial charge on any atom is -0.310 e. The Bertz CT molecular complexity index is 3110. The molecule has 1 aliphatic rings. The standard InChI is InChI=1S/C59H44N2/c1-59(2)56-39-49(60(47-30-26-43(27-31-47)41-16-6-3-7-17-41)48-32-28-44(29-33-48)42-18-8-4-9-19-42)34-36-53(56)54-37-35-50(40-57(54)59)61(46-21-10-5-11-22-46)58-38-45-20-12-13-23-51(45)52-24-14-15-25-55(52)58/h3-40H,1-2H3. The molecule has 0 aliphatic heterocycles. The Morgan fingerprint density at radius 2 is 0.689 bits per heavy atom. The Morgan fingerprint density at radius 3 is 1.23 bits per heavy atom. The van der Waals surface area contributed by atoms with Crippen molar-refractivity contribution in [1.82, 2.24) is 0 Å². The molecule has 0 aromatic heterocycles. The smallest absolute Gasteiger partial charge is 0.0546 e. The zero-order chi connectivity index (χ0) is 40.9. The maximum Gasteiger partial charge on any atom is 0.0546 e. The van der Waals surface area contributed by atoms with E-state index >= 15 is 0 Å². The number of nitrogens with zero attached hydrogens (tertiary/aromatic N) is 2. The predicted molar refractivity (Wildman–Crippen MR) is 259 cm³/mol.